The Kier molecular flexibility index (Phi) is 3.79. The largest absolute Gasteiger partial charge is 0.469 e. The molecule has 0 N–H and O–H groups in total. The highest BCUT2D eigenvalue weighted by molar-refractivity contribution is 5.69. The van der Waals surface area contributed by atoms with Gasteiger partial charge in [-0.25, -0.2) is 0 Å². The van der Waals surface area contributed by atoms with Crippen molar-refractivity contribution in [3.63, 3.8) is 0 Å². The number of ether oxygens (including phenoxy) is 1. The Balaban J connectivity index is 1.70. The zero-order valence-corrected chi connectivity index (χ0v) is 12.4. The van der Waals surface area contributed by atoms with Crippen molar-refractivity contribution in [3.05, 3.63) is 34.9 Å². The first kappa shape index (κ1) is 13.6. The molecule has 2 aliphatic rings. The number of rotatable bonds is 4. The van der Waals surface area contributed by atoms with Gasteiger partial charge in [0.1, 0.15) is 0 Å². The second-order valence-corrected chi connectivity index (χ2v) is 6.20. The first-order chi connectivity index (χ1) is 9.67. The molecule has 3 rings (SSSR count). The summed E-state index contributed by atoms with van der Waals surface area (Å²) in [4.78, 5) is 13.7. The zero-order valence-electron chi connectivity index (χ0n) is 12.4. The van der Waals surface area contributed by atoms with Crippen LogP contribution in [0.25, 0.3) is 0 Å². The molecule has 1 heterocycles. The molecule has 1 saturated carbocycles. The van der Waals surface area contributed by atoms with Crippen LogP contribution in [0.15, 0.2) is 18.2 Å². The van der Waals surface area contributed by atoms with Crippen LogP contribution in [0.5, 0.6) is 0 Å². The number of fused-ring (bicyclic) bond motifs is 1. The number of hydrogen-bond acceptors (Lipinski definition) is 3. The van der Waals surface area contributed by atoms with Gasteiger partial charge in [-0.1, -0.05) is 18.2 Å². The zero-order chi connectivity index (χ0) is 14.1. The van der Waals surface area contributed by atoms with Crippen molar-refractivity contribution in [1.82, 2.24) is 4.90 Å². The number of aryl methyl sites for hydroxylation is 1. The predicted molar refractivity (Wildman–Crippen MR) is 78.5 cm³/mol. The minimum Gasteiger partial charge on any atom is -0.469 e. The molecule has 1 aromatic rings. The van der Waals surface area contributed by atoms with E-state index in [2.05, 4.69) is 30.1 Å². The summed E-state index contributed by atoms with van der Waals surface area (Å²) in [5.74, 6) is 0.792. The van der Waals surface area contributed by atoms with E-state index in [1.54, 1.807) is 0 Å². The minimum absolute atomic E-state index is 0.131. The summed E-state index contributed by atoms with van der Waals surface area (Å²) in [5.41, 5.74) is 4.18. The van der Waals surface area contributed by atoms with E-state index in [1.807, 2.05) is 0 Å². The molecular weight excluding hydrogens is 250 g/mol. The number of carbonyl (C=O) groups is 1. The lowest BCUT2D eigenvalue weighted by Gasteiger charge is -2.34. The van der Waals surface area contributed by atoms with Crippen LogP contribution in [-0.2, 0) is 28.9 Å². The molecule has 20 heavy (non-hydrogen) atoms. The Bertz CT molecular complexity index is 508. The molecule has 0 spiro atoms. The second-order valence-electron chi connectivity index (χ2n) is 6.20. The third-order valence-electron chi connectivity index (χ3n) is 4.70. The fraction of sp³-hybridized carbons (Fsp3) is 0.588. The van der Waals surface area contributed by atoms with E-state index in [9.17, 15) is 4.79 Å². The maximum absolute atomic E-state index is 11.2. The highest BCUT2D eigenvalue weighted by atomic mass is 16.5. The van der Waals surface area contributed by atoms with Crippen LogP contribution in [-0.4, -0.2) is 31.1 Å². The van der Waals surface area contributed by atoms with Gasteiger partial charge in [-0.3, -0.25) is 9.69 Å². The standard InChI is InChI=1S/C17H23NO2/c1-18-11-15-9-12(4-8-17(19)20-2)3-5-14(15)10-16(18)13-6-7-13/h3,5,9,13,16H,4,6-8,10-11H2,1-2H3. The van der Waals surface area contributed by atoms with Crippen LogP contribution in [0.2, 0.25) is 0 Å². The van der Waals surface area contributed by atoms with Crippen LogP contribution < -0.4 is 0 Å². The van der Waals surface area contributed by atoms with Crippen LogP contribution >= 0.6 is 0 Å². The van der Waals surface area contributed by atoms with Gasteiger partial charge in [0, 0.05) is 19.0 Å². The van der Waals surface area contributed by atoms with E-state index in [0.717, 1.165) is 24.9 Å². The van der Waals surface area contributed by atoms with Gasteiger partial charge in [-0.2, -0.15) is 0 Å². The van der Waals surface area contributed by atoms with Crippen molar-refractivity contribution in [2.75, 3.05) is 14.2 Å². The molecule has 0 aromatic heterocycles. The molecule has 3 nitrogen and oxygen atoms in total. The van der Waals surface area contributed by atoms with Gasteiger partial charge in [-0.05, 0) is 55.3 Å². The quantitative estimate of drug-likeness (QED) is 0.790. The van der Waals surface area contributed by atoms with Crippen molar-refractivity contribution in [3.8, 4) is 0 Å². The van der Waals surface area contributed by atoms with E-state index < -0.39 is 0 Å². The molecular formula is C17H23NO2. The van der Waals surface area contributed by atoms with Gasteiger partial charge in [0.15, 0.2) is 0 Å². The molecule has 1 aliphatic carbocycles. The van der Waals surface area contributed by atoms with Gasteiger partial charge >= 0.3 is 5.97 Å². The first-order valence-electron chi connectivity index (χ1n) is 7.55. The van der Waals surface area contributed by atoms with Crippen molar-refractivity contribution < 1.29 is 9.53 Å². The Labute approximate surface area is 120 Å². The molecule has 3 heteroatoms. The lowest BCUT2D eigenvalue weighted by molar-refractivity contribution is -0.140. The van der Waals surface area contributed by atoms with Crippen LogP contribution in [0, 0.1) is 5.92 Å². The first-order valence-corrected chi connectivity index (χ1v) is 7.55. The van der Waals surface area contributed by atoms with Gasteiger partial charge in [0.05, 0.1) is 7.11 Å². The maximum atomic E-state index is 11.2. The predicted octanol–water partition coefficient (Wildman–Crippen LogP) is 2.56. The van der Waals surface area contributed by atoms with E-state index in [0.29, 0.717) is 6.42 Å². The molecule has 1 atom stereocenters. The minimum atomic E-state index is -0.131. The second kappa shape index (κ2) is 5.57. The molecule has 1 aromatic carbocycles. The van der Waals surface area contributed by atoms with Gasteiger partial charge in [0.2, 0.25) is 0 Å². The molecule has 0 bridgehead atoms. The Morgan fingerprint density at radius 2 is 2.15 bits per heavy atom. The average molecular weight is 273 g/mol. The normalized spacial score (nSPS) is 22.4. The fourth-order valence-electron chi connectivity index (χ4n) is 3.30. The van der Waals surface area contributed by atoms with Crippen molar-refractivity contribution in [1.29, 1.82) is 0 Å². The smallest absolute Gasteiger partial charge is 0.305 e. The van der Waals surface area contributed by atoms with E-state index in [1.165, 1.54) is 43.1 Å². The van der Waals surface area contributed by atoms with Gasteiger partial charge in [0.25, 0.3) is 0 Å². The number of esters is 1. The number of hydrogen-bond donors (Lipinski definition) is 0. The third kappa shape index (κ3) is 2.88. The molecule has 0 amide bonds. The highest BCUT2D eigenvalue weighted by Crippen LogP contribution is 2.39. The summed E-state index contributed by atoms with van der Waals surface area (Å²) < 4.78 is 4.70. The topological polar surface area (TPSA) is 29.5 Å². The lowest BCUT2D eigenvalue weighted by atomic mass is 9.90. The van der Waals surface area contributed by atoms with Crippen molar-refractivity contribution in [2.24, 2.45) is 5.92 Å². The van der Waals surface area contributed by atoms with Crippen LogP contribution in [0.4, 0.5) is 0 Å². The van der Waals surface area contributed by atoms with Crippen molar-refractivity contribution in [2.45, 2.75) is 44.7 Å². The number of methoxy groups -OCH3 is 1. The van der Waals surface area contributed by atoms with E-state index >= 15 is 0 Å². The highest BCUT2D eigenvalue weighted by Gasteiger charge is 2.36. The van der Waals surface area contributed by atoms with Gasteiger partial charge in [-0.15, -0.1) is 0 Å². The Hall–Kier alpha value is -1.35. The van der Waals surface area contributed by atoms with Crippen molar-refractivity contribution >= 4 is 5.97 Å². The molecule has 0 radical (unpaired) electrons. The summed E-state index contributed by atoms with van der Waals surface area (Å²) in [5, 5.41) is 0. The summed E-state index contributed by atoms with van der Waals surface area (Å²) in [7, 11) is 3.69. The number of benzene rings is 1. The molecule has 0 saturated heterocycles. The van der Waals surface area contributed by atoms with E-state index in [4.69, 9.17) is 4.74 Å². The average Bonchev–Trinajstić information content (AvgIpc) is 3.28. The summed E-state index contributed by atoms with van der Waals surface area (Å²) in [6.45, 7) is 1.04. The SMILES string of the molecule is COC(=O)CCc1ccc2c(c1)CN(C)C(C1CC1)C2. The molecule has 1 aliphatic heterocycles. The Morgan fingerprint density at radius 3 is 2.85 bits per heavy atom. The molecule has 1 fully saturated rings. The maximum Gasteiger partial charge on any atom is 0.305 e. The molecule has 1 unspecified atom stereocenters. The van der Waals surface area contributed by atoms with Gasteiger partial charge < -0.3 is 4.74 Å². The summed E-state index contributed by atoms with van der Waals surface area (Å²) >= 11 is 0. The summed E-state index contributed by atoms with van der Waals surface area (Å²) in [6.07, 6.45) is 5.24. The number of carbonyl (C=O) groups excluding carboxylic acids is 1. The fourth-order valence-corrected chi connectivity index (χ4v) is 3.30. The Morgan fingerprint density at radius 1 is 1.35 bits per heavy atom. The van der Waals surface area contributed by atoms with Crippen LogP contribution in [0.3, 0.4) is 0 Å². The lowest BCUT2D eigenvalue weighted by Crippen LogP contribution is -2.38. The van der Waals surface area contributed by atoms with Crippen LogP contribution in [0.1, 0.15) is 36.0 Å². The number of nitrogens with zero attached hydrogens (tertiary/aromatic N) is 1. The summed E-state index contributed by atoms with van der Waals surface area (Å²) in [6, 6.07) is 7.46. The third-order valence-corrected chi connectivity index (χ3v) is 4.70. The monoisotopic (exact) mass is 273 g/mol. The van der Waals surface area contributed by atoms with E-state index in [-0.39, 0.29) is 5.97 Å². The molecule has 108 valence electrons. The number of likely N-dealkylation sites (N-methyl/N-ethyl adjacent to an activating group) is 1.